The Morgan fingerprint density at radius 3 is 2.13 bits per heavy atom. The second-order valence-corrected chi connectivity index (χ2v) is 4.79. The van der Waals surface area contributed by atoms with E-state index in [2.05, 4.69) is 0 Å². The predicted octanol–water partition coefficient (Wildman–Crippen LogP) is 2.69. The molecule has 0 aliphatic rings. The van der Waals surface area contributed by atoms with Crippen molar-refractivity contribution in [3.63, 3.8) is 0 Å². The third-order valence-corrected chi connectivity index (χ3v) is 2.15. The average molecular weight is 217 g/mol. The van der Waals surface area contributed by atoms with E-state index < -0.39 is 0 Å². The second-order valence-electron chi connectivity index (χ2n) is 4.79. The fourth-order valence-corrected chi connectivity index (χ4v) is 0.924. The number of hydrogen-bond donors (Lipinski definition) is 0. The van der Waals surface area contributed by atoms with Crippen LogP contribution in [0.1, 0.15) is 48.5 Å². The maximum Gasteiger partial charge on any atom is 0.225 e. The monoisotopic (exact) mass is 217 g/mol. The van der Waals surface area contributed by atoms with Gasteiger partial charge in [0.15, 0.2) is 0 Å². The van der Waals surface area contributed by atoms with Gasteiger partial charge in [-0.05, 0) is 34.6 Å². The number of amides is 1. The van der Waals surface area contributed by atoms with Gasteiger partial charge in [0.1, 0.15) is 0 Å². The molecule has 0 saturated carbocycles. The number of carbonyl (C=O) groups is 1. The Labute approximate surface area is 94.8 Å². The van der Waals surface area contributed by atoms with Crippen molar-refractivity contribution in [1.82, 2.24) is 4.90 Å². The largest absolute Gasteiger partial charge is 0.378 e. The Hall–Kier alpha value is -0.570. The van der Waals surface area contributed by atoms with Gasteiger partial charge in [0.05, 0.1) is 19.1 Å². The van der Waals surface area contributed by atoms with E-state index in [1.54, 1.807) is 4.90 Å². The second kappa shape index (κ2) is 6.83. The van der Waals surface area contributed by atoms with Gasteiger partial charge in [0.2, 0.25) is 5.91 Å². The Balaban J connectivity index is 0. The van der Waals surface area contributed by atoms with E-state index in [0.29, 0.717) is 13.0 Å². The number of carbonyl (C=O) groups excluding carboxylic acids is 1. The van der Waals surface area contributed by atoms with Crippen LogP contribution < -0.4 is 0 Å². The van der Waals surface area contributed by atoms with Crippen LogP contribution in [0.5, 0.6) is 0 Å². The van der Waals surface area contributed by atoms with Gasteiger partial charge in [-0.2, -0.15) is 0 Å². The third-order valence-electron chi connectivity index (χ3n) is 2.15. The summed E-state index contributed by atoms with van der Waals surface area (Å²) < 4.78 is 5.33. The molecule has 0 fully saturated rings. The molecule has 92 valence electrons. The van der Waals surface area contributed by atoms with E-state index >= 15 is 0 Å². The summed E-state index contributed by atoms with van der Waals surface area (Å²) in [5, 5.41) is 0. The quantitative estimate of drug-likeness (QED) is 0.724. The predicted molar refractivity (Wildman–Crippen MR) is 65.0 cm³/mol. The van der Waals surface area contributed by atoms with Gasteiger partial charge < -0.3 is 9.64 Å². The molecular formula is C12H27NO2. The molecule has 0 saturated heterocycles. The van der Waals surface area contributed by atoms with Crippen LogP contribution in [0.3, 0.4) is 0 Å². The summed E-state index contributed by atoms with van der Waals surface area (Å²) in [5.74, 6) is 0.137. The molecule has 1 amide bonds. The van der Waals surface area contributed by atoms with Crippen molar-refractivity contribution in [3.05, 3.63) is 0 Å². The molecule has 0 bridgehead atoms. The molecule has 0 rings (SSSR count). The Morgan fingerprint density at radius 2 is 1.80 bits per heavy atom. The van der Waals surface area contributed by atoms with Gasteiger partial charge in [0.25, 0.3) is 0 Å². The van der Waals surface area contributed by atoms with Crippen LogP contribution in [-0.4, -0.2) is 36.1 Å². The lowest BCUT2D eigenvalue weighted by Gasteiger charge is -2.32. The van der Waals surface area contributed by atoms with E-state index in [-0.39, 0.29) is 25.0 Å². The van der Waals surface area contributed by atoms with E-state index in [9.17, 15) is 4.79 Å². The highest BCUT2D eigenvalue weighted by Crippen LogP contribution is 2.11. The van der Waals surface area contributed by atoms with Gasteiger partial charge >= 0.3 is 0 Å². The summed E-state index contributed by atoms with van der Waals surface area (Å²) in [6.07, 6.45) is 0.661. The van der Waals surface area contributed by atoms with Gasteiger partial charge in [-0.25, -0.2) is 0 Å². The molecule has 0 spiro atoms. The summed E-state index contributed by atoms with van der Waals surface area (Å²) in [4.78, 5) is 13.4. The summed E-state index contributed by atoms with van der Waals surface area (Å²) in [6, 6.07) is 0. The zero-order chi connectivity index (χ0) is 11.4. The zero-order valence-electron chi connectivity index (χ0n) is 10.3. The first kappa shape index (κ1) is 16.8. The van der Waals surface area contributed by atoms with Crippen molar-refractivity contribution in [1.29, 1.82) is 0 Å². The van der Waals surface area contributed by atoms with Gasteiger partial charge in [-0.1, -0.05) is 7.43 Å². The minimum Gasteiger partial charge on any atom is -0.378 e. The Kier molecular flexibility index (Phi) is 7.67. The van der Waals surface area contributed by atoms with Crippen LogP contribution in [-0.2, 0) is 9.53 Å². The molecule has 3 nitrogen and oxygen atoms in total. The van der Waals surface area contributed by atoms with Crippen LogP contribution in [0, 0.1) is 0 Å². The van der Waals surface area contributed by atoms with Gasteiger partial charge in [0, 0.05) is 12.6 Å². The molecule has 0 aromatic rings. The lowest BCUT2D eigenvalue weighted by molar-refractivity contribution is -0.135. The molecule has 0 aliphatic heterocycles. The van der Waals surface area contributed by atoms with Crippen molar-refractivity contribution in [2.24, 2.45) is 0 Å². The number of hydrogen-bond acceptors (Lipinski definition) is 2. The number of nitrogens with zero attached hydrogens (tertiary/aromatic N) is 1. The lowest BCUT2D eigenvalue weighted by Crippen LogP contribution is -2.42. The highest BCUT2D eigenvalue weighted by Gasteiger charge is 2.21. The third kappa shape index (κ3) is 7.37. The topological polar surface area (TPSA) is 29.5 Å². The van der Waals surface area contributed by atoms with Crippen molar-refractivity contribution in [2.45, 2.75) is 60.1 Å². The first-order valence-corrected chi connectivity index (χ1v) is 5.13. The van der Waals surface area contributed by atoms with Crippen LogP contribution in [0.15, 0.2) is 0 Å². The summed E-state index contributed by atoms with van der Waals surface area (Å²) in [5.41, 5.74) is -0.102. The van der Waals surface area contributed by atoms with Crippen molar-refractivity contribution >= 4 is 5.91 Å². The van der Waals surface area contributed by atoms with Crippen LogP contribution in [0.25, 0.3) is 0 Å². The van der Waals surface area contributed by atoms with Crippen molar-refractivity contribution in [2.75, 3.05) is 13.7 Å². The van der Waals surface area contributed by atoms with Crippen LogP contribution in [0.4, 0.5) is 0 Å². The maximum atomic E-state index is 11.6. The molecule has 0 radical (unpaired) electrons. The normalized spacial score (nSPS) is 11.1. The van der Waals surface area contributed by atoms with E-state index in [1.807, 2.05) is 41.7 Å². The molecule has 0 heterocycles. The van der Waals surface area contributed by atoms with Crippen molar-refractivity contribution < 1.29 is 9.53 Å². The van der Waals surface area contributed by atoms with E-state index in [0.717, 1.165) is 0 Å². The molecule has 0 aliphatic carbocycles. The highest BCUT2D eigenvalue weighted by atomic mass is 16.5. The molecule has 15 heavy (non-hydrogen) atoms. The Morgan fingerprint density at radius 1 is 1.33 bits per heavy atom. The molecule has 0 aromatic carbocycles. The fraction of sp³-hybridized carbons (Fsp3) is 0.917. The van der Waals surface area contributed by atoms with E-state index in [1.165, 1.54) is 0 Å². The summed E-state index contributed by atoms with van der Waals surface area (Å²) >= 11 is 0. The van der Waals surface area contributed by atoms with Crippen molar-refractivity contribution in [3.8, 4) is 0 Å². The van der Waals surface area contributed by atoms with Gasteiger partial charge in [-0.15, -0.1) is 0 Å². The first-order chi connectivity index (χ1) is 6.25. The van der Waals surface area contributed by atoms with Gasteiger partial charge in [-0.3, -0.25) is 4.79 Å². The molecule has 0 atom stereocenters. The summed E-state index contributed by atoms with van der Waals surface area (Å²) in [6.45, 7) is 10.5. The molecule has 3 heteroatoms. The minimum absolute atomic E-state index is 0. The van der Waals surface area contributed by atoms with E-state index in [4.69, 9.17) is 4.74 Å². The highest BCUT2D eigenvalue weighted by molar-refractivity contribution is 5.76. The molecule has 0 N–H and O–H groups in total. The Bertz CT molecular complexity index is 183. The van der Waals surface area contributed by atoms with Crippen LogP contribution >= 0.6 is 0 Å². The number of rotatable bonds is 4. The fourth-order valence-electron chi connectivity index (χ4n) is 0.924. The molecule has 0 aromatic heterocycles. The standard InChI is InChI=1S/C11H23NO2.CH4/c1-9(2)14-8-7-10(13)12(6)11(3,4)5;/h9H,7-8H2,1-6H3;1H4. The average Bonchev–Trinajstić information content (AvgIpc) is 2.00. The molecular weight excluding hydrogens is 190 g/mol. The number of ether oxygens (including phenoxy) is 1. The maximum absolute atomic E-state index is 11.6. The molecule has 0 unspecified atom stereocenters. The minimum atomic E-state index is -0.102. The van der Waals surface area contributed by atoms with Crippen LogP contribution in [0.2, 0.25) is 0 Å². The first-order valence-electron chi connectivity index (χ1n) is 5.13. The lowest BCUT2D eigenvalue weighted by atomic mass is 10.1. The smallest absolute Gasteiger partial charge is 0.225 e. The zero-order valence-corrected chi connectivity index (χ0v) is 10.3. The summed E-state index contributed by atoms with van der Waals surface area (Å²) in [7, 11) is 1.83. The SMILES string of the molecule is C.CC(C)OCCC(=O)N(C)C(C)(C)C.